The molecule has 0 aromatic rings. The Balaban J connectivity index is 2.14. The van der Waals surface area contributed by atoms with Crippen LogP contribution in [0.25, 0.3) is 0 Å². The second-order valence-corrected chi connectivity index (χ2v) is 7.00. The fourth-order valence-electron chi connectivity index (χ4n) is 3.94. The topological polar surface area (TPSA) is 41.7 Å². The zero-order valence-electron chi connectivity index (χ0n) is 13.8. The first-order chi connectivity index (χ1) is 9.48. The molecule has 2 aliphatic rings. The van der Waals surface area contributed by atoms with Gasteiger partial charge in [0.15, 0.2) is 0 Å². The maximum Gasteiger partial charge on any atom is 0.0670 e. The number of nitrogens with two attached hydrogens (primary N) is 1. The second-order valence-electron chi connectivity index (χ2n) is 7.00. The van der Waals surface area contributed by atoms with Crippen LogP contribution >= 0.6 is 0 Å². The molecule has 2 saturated heterocycles. The summed E-state index contributed by atoms with van der Waals surface area (Å²) in [5.74, 6) is 0. The van der Waals surface area contributed by atoms with Crippen LogP contribution in [0, 0.1) is 0 Å². The van der Waals surface area contributed by atoms with Gasteiger partial charge in [0.1, 0.15) is 0 Å². The van der Waals surface area contributed by atoms with Crippen LogP contribution in [0.1, 0.15) is 46.5 Å². The molecule has 3 unspecified atom stereocenters. The zero-order chi connectivity index (χ0) is 14.8. The van der Waals surface area contributed by atoms with Crippen molar-refractivity contribution in [2.24, 2.45) is 5.73 Å². The summed E-state index contributed by atoms with van der Waals surface area (Å²) in [4.78, 5) is 5.18. The highest BCUT2D eigenvalue weighted by atomic mass is 16.5. The standard InChI is InChI=1S/C16H33N3O/c1-5-14-11-19(9-8-18(14)4)16(13-17)7-10-20-15(3,6-2)12-16/h14H,5-13,17H2,1-4H3. The van der Waals surface area contributed by atoms with Gasteiger partial charge >= 0.3 is 0 Å². The molecule has 20 heavy (non-hydrogen) atoms. The minimum absolute atomic E-state index is 0.00266. The molecule has 2 aliphatic heterocycles. The molecule has 2 N–H and O–H groups in total. The van der Waals surface area contributed by atoms with Crippen LogP contribution in [-0.4, -0.2) is 66.8 Å². The van der Waals surface area contributed by atoms with Crippen LogP contribution in [0.5, 0.6) is 0 Å². The van der Waals surface area contributed by atoms with Gasteiger partial charge in [0, 0.05) is 44.4 Å². The number of ether oxygens (including phenoxy) is 1. The third-order valence-electron chi connectivity index (χ3n) is 5.77. The van der Waals surface area contributed by atoms with E-state index in [4.69, 9.17) is 10.5 Å². The molecule has 2 rings (SSSR count). The largest absolute Gasteiger partial charge is 0.375 e. The van der Waals surface area contributed by atoms with Gasteiger partial charge in [-0.05, 0) is 39.7 Å². The quantitative estimate of drug-likeness (QED) is 0.852. The molecule has 0 amide bonds. The molecule has 4 heteroatoms. The van der Waals surface area contributed by atoms with Gasteiger partial charge < -0.3 is 15.4 Å². The first-order valence-corrected chi connectivity index (χ1v) is 8.28. The highest BCUT2D eigenvalue weighted by Crippen LogP contribution is 2.38. The van der Waals surface area contributed by atoms with Crippen molar-refractivity contribution in [1.82, 2.24) is 9.80 Å². The molecule has 0 aliphatic carbocycles. The molecule has 0 saturated carbocycles. The van der Waals surface area contributed by atoms with Crippen molar-refractivity contribution >= 4 is 0 Å². The zero-order valence-corrected chi connectivity index (χ0v) is 13.8. The molecule has 0 aromatic carbocycles. The number of piperazine rings is 1. The Morgan fingerprint density at radius 1 is 1.30 bits per heavy atom. The van der Waals surface area contributed by atoms with Gasteiger partial charge in [-0.2, -0.15) is 0 Å². The summed E-state index contributed by atoms with van der Waals surface area (Å²) in [5, 5.41) is 0. The van der Waals surface area contributed by atoms with E-state index in [0.717, 1.165) is 52.0 Å². The van der Waals surface area contributed by atoms with E-state index in [0.29, 0.717) is 6.04 Å². The second kappa shape index (κ2) is 6.30. The lowest BCUT2D eigenvalue weighted by atomic mass is 9.77. The first kappa shape index (κ1) is 16.2. The number of hydrogen-bond donors (Lipinski definition) is 1. The predicted molar refractivity (Wildman–Crippen MR) is 83.9 cm³/mol. The summed E-state index contributed by atoms with van der Waals surface area (Å²) in [6, 6.07) is 0.669. The van der Waals surface area contributed by atoms with Gasteiger partial charge in [-0.1, -0.05) is 13.8 Å². The van der Waals surface area contributed by atoms with Gasteiger partial charge in [-0.15, -0.1) is 0 Å². The molecular weight excluding hydrogens is 250 g/mol. The first-order valence-electron chi connectivity index (χ1n) is 8.28. The van der Waals surface area contributed by atoms with Crippen LogP contribution in [0.3, 0.4) is 0 Å². The lowest BCUT2D eigenvalue weighted by Gasteiger charge is -2.54. The van der Waals surface area contributed by atoms with Crippen molar-refractivity contribution in [2.75, 3.05) is 39.8 Å². The van der Waals surface area contributed by atoms with E-state index < -0.39 is 0 Å². The summed E-state index contributed by atoms with van der Waals surface area (Å²) in [6.45, 7) is 11.8. The van der Waals surface area contributed by atoms with E-state index in [1.807, 2.05) is 0 Å². The summed E-state index contributed by atoms with van der Waals surface area (Å²) in [7, 11) is 2.25. The van der Waals surface area contributed by atoms with Crippen molar-refractivity contribution in [2.45, 2.75) is 63.6 Å². The smallest absolute Gasteiger partial charge is 0.0670 e. The number of hydrogen-bond acceptors (Lipinski definition) is 4. The lowest BCUT2D eigenvalue weighted by Crippen LogP contribution is -2.66. The Morgan fingerprint density at radius 3 is 2.65 bits per heavy atom. The Kier molecular flexibility index (Phi) is 5.11. The molecule has 2 heterocycles. The lowest BCUT2D eigenvalue weighted by molar-refractivity contribution is -0.137. The average molecular weight is 283 g/mol. The van der Waals surface area contributed by atoms with E-state index in [2.05, 4.69) is 37.6 Å². The minimum Gasteiger partial charge on any atom is -0.375 e. The molecule has 3 atom stereocenters. The third-order valence-corrected chi connectivity index (χ3v) is 5.77. The SMILES string of the molecule is CCC1CN(C2(CN)CCOC(C)(CC)C2)CCN1C. The molecule has 118 valence electrons. The van der Waals surface area contributed by atoms with E-state index in [-0.39, 0.29) is 11.1 Å². The van der Waals surface area contributed by atoms with Gasteiger partial charge in [0.2, 0.25) is 0 Å². The summed E-state index contributed by atoms with van der Waals surface area (Å²) >= 11 is 0. The Hall–Kier alpha value is -0.160. The highest BCUT2D eigenvalue weighted by molar-refractivity contribution is 5.02. The monoisotopic (exact) mass is 283 g/mol. The van der Waals surface area contributed by atoms with Crippen LogP contribution in [0.15, 0.2) is 0 Å². The van der Waals surface area contributed by atoms with Crippen LogP contribution in [-0.2, 0) is 4.74 Å². The summed E-state index contributed by atoms with van der Waals surface area (Å²) in [6.07, 6.45) is 4.45. The molecule has 4 nitrogen and oxygen atoms in total. The fourth-order valence-corrected chi connectivity index (χ4v) is 3.94. The van der Waals surface area contributed by atoms with Gasteiger partial charge in [0.05, 0.1) is 5.60 Å². The number of nitrogens with zero attached hydrogens (tertiary/aromatic N) is 2. The molecule has 2 fully saturated rings. The molecule has 0 aromatic heterocycles. The van der Waals surface area contributed by atoms with E-state index >= 15 is 0 Å². The van der Waals surface area contributed by atoms with Crippen molar-refractivity contribution in [3.8, 4) is 0 Å². The molecule has 0 spiro atoms. The maximum absolute atomic E-state index is 6.26. The van der Waals surface area contributed by atoms with Crippen LogP contribution in [0.4, 0.5) is 0 Å². The molecule has 0 bridgehead atoms. The van der Waals surface area contributed by atoms with E-state index in [1.54, 1.807) is 0 Å². The number of rotatable bonds is 4. The molecular formula is C16H33N3O. The third kappa shape index (κ3) is 3.03. The summed E-state index contributed by atoms with van der Waals surface area (Å²) < 4.78 is 6.04. The minimum atomic E-state index is 0.00266. The normalized spacial score (nSPS) is 41.0. The van der Waals surface area contributed by atoms with E-state index in [1.165, 1.54) is 6.42 Å². The number of likely N-dealkylation sites (N-methyl/N-ethyl adjacent to an activating group) is 1. The van der Waals surface area contributed by atoms with Crippen molar-refractivity contribution < 1.29 is 4.74 Å². The average Bonchev–Trinajstić information content (AvgIpc) is 2.47. The van der Waals surface area contributed by atoms with Crippen LogP contribution in [0.2, 0.25) is 0 Å². The van der Waals surface area contributed by atoms with Gasteiger partial charge in [-0.25, -0.2) is 0 Å². The Bertz CT molecular complexity index is 325. The van der Waals surface area contributed by atoms with Gasteiger partial charge in [0.25, 0.3) is 0 Å². The van der Waals surface area contributed by atoms with Crippen LogP contribution < -0.4 is 5.73 Å². The van der Waals surface area contributed by atoms with Gasteiger partial charge in [-0.3, -0.25) is 4.90 Å². The van der Waals surface area contributed by atoms with Crippen molar-refractivity contribution in [3.05, 3.63) is 0 Å². The Morgan fingerprint density at radius 2 is 2.05 bits per heavy atom. The fraction of sp³-hybridized carbons (Fsp3) is 1.00. The van der Waals surface area contributed by atoms with E-state index in [9.17, 15) is 0 Å². The maximum atomic E-state index is 6.26. The van der Waals surface area contributed by atoms with Crippen molar-refractivity contribution in [1.29, 1.82) is 0 Å². The summed E-state index contributed by atoms with van der Waals surface area (Å²) in [5.41, 5.74) is 6.41. The molecule has 0 radical (unpaired) electrons. The van der Waals surface area contributed by atoms with Crippen molar-refractivity contribution in [3.63, 3.8) is 0 Å². The highest BCUT2D eigenvalue weighted by Gasteiger charge is 2.46. The Labute approximate surface area is 124 Å². The predicted octanol–water partition coefficient (Wildman–Crippen LogP) is 1.69.